The quantitative estimate of drug-likeness (QED) is 0.686. The molecular formula is C14H24O4. The molecule has 0 unspecified atom stereocenters. The maximum Gasteiger partial charge on any atom is 0.309 e. The lowest BCUT2D eigenvalue weighted by Gasteiger charge is -2.28. The van der Waals surface area contributed by atoms with Crippen LogP contribution in [0.4, 0.5) is 0 Å². The zero-order valence-electron chi connectivity index (χ0n) is 11.4. The van der Waals surface area contributed by atoms with Crippen molar-refractivity contribution in [3.63, 3.8) is 0 Å². The molecule has 0 amide bonds. The highest BCUT2D eigenvalue weighted by Crippen LogP contribution is 2.32. The monoisotopic (exact) mass is 256 g/mol. The Morgan fingerprint density at radius 3 is 1.61 bits per heavy atom. The highest BCUT2D eigenvalue weighted by atomic mass is 16.5. The van der Waals surface area contributed by atoms with Gasteiger partial charge in [-0.3, -0.25) is 9.59 Å². The summed E-state index contributed by atoms with van der Waals surface area (Å²) in [6.45, 7) is 4.79. The van der Waals surface area contributed by atoms with Gasteiger partial charge in [0.05, 0.1) is 25.0 Å². The summed E-state index contributed by atoms with van der Waals surface area (Å²) in [4.78, 5) is 23.8. The van der Waals surface area contributed by atoms with Crippen LogP contribution in [0, 0.1) is 11.8 Å². The number of ether oxygens (including phenoxy) is 2. The molecule has 1 rings (SSSR count). The minimum Gasteiger partial charge on any atom is -0.465 e. The second-order valence-electron chi connectivity index (χ2n) is 4.83. The van der Waals surface area contributed by atoms with Gasteiger partial charge < -0.3 is 9.47 Å². The van der Waals surface area contributed by atoms with E-state index in [4.69, 9.17) is 9.47 Å². The molecular weight excluding hydrogens is 232 g/mol. The van der Waals surface area contributed by atoms with E-state index in [1.807, 2.05) is 13.8 Å². The molecule has 0 aromatic rings. The largest absolute Gasteiger partial charge is 0.465 e. The van der Waals surface area contributed by atoms with E-state index in [-0.39, 0.29) is 23.8 Å². The van der Waals surface area contributed by atoms with Gasteiger partial charge in [-0.15, -0.1) is 0 Å². The number of esters is 2. The molecule has 18 heavy (non-hydrogen) atoms. The number of carbonyl (C=O) groups is 2. The third kappa shape index (κ3) is 4.31. The zero-order chi connectivity index (χ0) is 13.4. The molecule has 0 saturated heterocycles. The van der Waals surface area contributed by atoms with Crippen molar-refractivity contribution >= 4 is 11.9 Å². The lowest BCUT2D eigenvalue weighted by Crippen LogP contribution is -2.35. The summed E-state index contributed by atoms with van der Waals surface area (Å²) in [7, 11) is 0. The van der Waals surface area contributed by atoms with E-state index in [9.17, 15) is 9.59 Å². The Balaban J connectivity index is 2.55. The number of hydrogen-bond acceptors (Lipinski definition) is 4. The van der Waals surface area contributed by atoms with Crippen molar-refractivity contribution in [2.45, 2.75) is 52.4 Å². The van der Waals surface area contributed by atoms with Crippen LogP contribution >= 0.6 is 0 Å². The van der Waals surface area contributed by atoms with E-state index in [2.05, 4.69) is 0 Å². The van der Waals surface area contributed by atoms with E-state index in [1.54, 1.807) is 0 Å². The molecule has 0 bridgehead atoms. The fourth-order valence-electron chi connectivity index (χ4n) is 2.31. The fourth-order valence-corrected chi connectivity index (χ4v) is 2.31. The van der Waals surface area contributed by atoms with Crippen molar-refractivity contribution in [1.82, 2.24) is 0 Å². The van der Waals surface area contributed by atoms with Crippen LogP contribution in [-0.2, 0) is 19.1 Å². The standard InChI is InChI=1S/C14H24O4/c1-3-9-17-13(15)11-7-5-6-8-12(11)14(16)18-10-4-2/h11-12H,3-10H2,1-2H3/t11-,12-/m0/s1. The molecule has 1 aliphatic rings. The highest BCUT2D eigenvalue weighted by Gasteiger charge is 2.37. The minimum atomic E-state index is -0.297. The van der Waals surface area contributed by atoms with Crippen LogP contribution in [-0.4, -0.2) is 25.2 Å². The summed E-state index contributed by atoms with van der Waals surface area (Å²) in [5, 5.41) is 0. The predicted molar refractivity (Wildman–Crippen MR) is 67.9 cm³/mol. The first kappa shape index (κ1) is 15.0. The van der Waals surface area contributed by atoms with Crippen molar-refractivity contribution < 1.29 is 19.1 Å². The van der Waals surface area contributed by atoms with Gasteiger partial charge in [0.15, 0.2) is 0 Å². The van der Waals surface area contributed by atoms with Crippen molar-refractivity contribution in [3.05, 3.63) is 0 Å². The van der Waals surface area contributed by atoms with Gasteiger partial charge in [0.1, 0.15) is 0 Å². The molecule has 0 heterocycles. The van der Waals surface area contributed by atoms with Gasteiger partial charge in [-0.2, -0.15) is 0 Å². The average Bonchev–Trinajstić information content (AvgIpc) is 2.42. The number of carbonyl (C=O) groups excluding carboxylic acids is 2. The zero-order valence-corrected chi connectivity index (χ0v) is 11.4. The summed E-state index contributed by atoms with van der Waals surface area (Å²) >= 11 is 0. The molecule has 0 aliphatic heterocycles. The summed E-state index contributed by atoms with van der Waals surface area (Å²) in [5.74, 6) is -1.05. The molecule has 1 saturated carbocycles. The topological polar surface area (TPSA) is 52.6 Å². The van der Waals surface area contributed by atoms with Crippen molar-refractivity contribution in [2.75, 3.05) is 13.2 Å². The Hall–Kier alpha value is -1.06. The molecule has 2 atom stereocenters. The Labute approximate surface area is 109 Å². The Bertz CT molecular complexity index is 247. The summed E-state index contributed by atoms with van der Waals surface area (Å²) < 4.78 is 10.3. The second kappa shape index (κ2) is 8.11. The van der Waals surface area contributed by atoms with E-state index >= 15 is 0 Å². The predicted octanol–water partition coefficient (Wildman–Crippen LogP) is 2.70. The number of hydrogen-bond donors (Lipinski definition) is 0. The third-order valence-electron chi connectivity index (χ3n) is 3.27. The van der Waals surface area contributed by atoms with Crippen LogP contribution in [0.5, 0.6) is 0 Å². The number of rotatable bonds is 6. The maximum absolute atomic E-state index is 11.9. The second-order valence-corrected chi connectivity index (χ2v) is 4.83. The maximum atomic E-state index is 11.9. The SMILES string of the molecule is CCCOC(=O)[C@H]1CCCC[C@@H]1C(=O)OCCC. The minimum absolute atomic E-state index is 0.227. The average molecular weight is 256 g/mol. The third-order valence-corrected chi connectivity index (χ3v) is 3.27. The summed E-state index contributed by atoms with van der Waals surface area (Å²) in [6.07, 6.45) is 5.09. The smallest absolute Gasteiger partial charge is 0.309 e. The van der Waals surface area contributed by atoms with E-state index < -0.39 is 0 Å². The molecule has 1 fully saturated rings. The highest BCUT2D eigenvalue weighted by molar-refractivity contribution is 5.82. The van der Waals surface area contributed by atoms with Crippen LogP contribution in [0.2, 0.25) is 0 Å². The molecule has 1 aliphatic carbocycles. The van der Waals surface area contributed by atoms with Crippen LogP contribution in [0.25, 0.3) is 0 Å². The Kier molecular flexibility index (Phi) is 6.76. The van der Waals surface area contributed by atoms with Crippen molar-refractivity contribution in [1.29, 1.82) is 0 Å². The first-order valence-electron chi connectivity index (χ1n) is 7.04. The molecule has 4 heteroatoms. The fraction of sp³-hybridized carbons (Fsp3) is 0.857. The van der Waals surface area contributed by atoms with Crippen molar-refractivity contribution in [2.24, 2.45) is 11.8 Å². The molecule has 0 aromatic heterocycles. The normalized spacial score (nSPS) is 23.4. The van der Waals surface area contributed by atoms with Gasteiger partial charge in [-0.1, -0.05) is 26.7 Å². The van der Waals surface area contributed by atoms with E-state index in [0.717, 1.165) is 38.5 Å². The molecule has 4 nitrogen and oxygen atoms in total. The van der Waals surface area contributed by atoms with Gasteiger partial charge in [-0.25, -0.2) is 0 Å². The van der Waals surface area contributed by atoms with Gasteiger partial charge in [0.2, 0.25) is 0 Å². The molecule has 0 spiro atoms. The van der Waals surface area contributed by atoms with Gasteiger partial charge >= 0.3 is 11.9 Å². The summed E-state index contributed by atoms with van der Waals surface area (Å²) in [5.41, 5.74) is 0. The van der Waals surface area contributed by atoms with Crippen LogP contribution in [0.1, 0.15) is 52.4 Å². The Morgan fingerprint density at radius 1 is 0.889 bits per heavy atom. The van der Waals surface area contributed by atoms with Gasteiger partial charge in [0, 0.05) is 0 Å². The molecule has 0 aromatic carbocycles. The Morgan fingerprint density at radius 2 is 1.28 bits per heavy atom. The lowest BCUT2D eigenvalue weighted by atomic mass is 9.79. The van der Waals surface area contributed by atoms with Gasteiger partial charge in [-0.05, 0) is 25.7 Å². The summed E-state index contributed by atoms with van der Waals surface area (Å²) in [6, 6.07) is 0. The van der Waals surface area contributed by atoms with Crippen LogP contribution in [0.3, 0.4) is 0 Å². The molecule has 0 N–H and O–H groups in total. The van der Waals surface area contributed by atoms with Crippen LogP contribution in [0.15, 0.2) is 0 Å². The lowest BCUT2D eigenvalue weighted by molar-refractivity contribution is -0.162. The van der Waals surface area contributed by atoms with Crippen molar-refractivity contribution in [3.8, 4) is 0 Å². The van der Waals surface area contributed by atoms with E-state index in [0.29, 0.717) is 13.2 Å². The van der Waals surface area contributed by atoms with Crippen LogP contribution < -0.4 is 0 Å². The first-order valence-corrected chi connectivity index (χ1v) is 7.04. The molecule has 0 radical (unpaired) electrons. The first-order chi connectivity index (χ1) is 8.70. The molecule has 104 valence electrons. The van der Waals surface area contributed by atoms with E-state index in [1.165, 1.54) is 0 Å². The van der Waals surface area contributed by atoms with Gasteiger partial charge in [0.25, 0.3) is 0 Å².